The van der Waals surface area contributed by atoms with E-state index in [-0.39, 0.29) is 12.5 Å². The Balaban J connectivity index is 1.72. The average Bonchev–Trinajstić information content (AvgIpc) is 3.27. The van der Waals surface area contributed by atoms with Crippen molar-refractivity contribution in [2.24, 2.45) is 7.05 Å². The summed E-state index contributed by atoms with van der Waals surface area (Å²) in [6.45, 7) is 1.69. The number of nitrogens with one attached hydrogen (secondary N) is 2. The van der Waals surface area contributed by atoms with Crippen LogP contribution in [0.25, 0.3) is 0 Å². The molecule has 2 N–H and O–H groups in total. The van der Waals surface area contributed by atoms with E-state index >= 15 is 0 Å². The van der Waals surface area contributed by atoms with Gasteiger partial charge >= 0.3 is 0 Å². The van der Waals surface area contributed by atoms with Gasteiger partial charge in [-0.1, -0.05) is 18.2 Å². The van der Waals surface area contributed by atoms with Gasteiger partial charge in [0.1, 0.15) is 17.7 Å². The summed E-state index contributed by atoms with van der Waals surface area (Å²) in [6.07, 6.45) is 3.30. The maximum Gasteiger partial charge on any atom is 0.261 e. The molecule has 0 unspecified atom stereocenters. The van der Waals surface area contributed by atoms with E-state index in [4.69, 9.17) is 0 Å². The Morgan fingerprint density at radius 3 is 2.67 bits per heavy atom. The maximum atomic E-state index is 14.3. The summed E-state index contributed by atoms with van der Waals surface area (Å²) in [7, 11) is 1.77. The monoisotopic (exact) mass is 386 g/mol. The Hall–Kier alpha value is -3.00. The third-order valence-electron chi connectivity index (χ3n) is 4.01. The molecule has 0 bridgehead atoms. The summed E-state index contributed by atoms with van der Waals surface area (Å²) in [5.41, 5.74) is 0.306. The number of carbonyl (C=O) groups is 2. The van der Waals surface area contributed by atoms with Crippen LogP contribution < -0.4 is 10.6 Å². The molecule has 0 fully saturated rings. The van der Waals surface area contributed by atoms with Gasteiger partial charge < -0.3 is 15.2 Å². The molecular formula is C19H19FN4O2S. The highest BCUT2D eigenvalue weighted by Crippen LogP contribution is 2.23. The Bertz CT molecular complexity index is 966. The first-order valence-electron chi connectivity index (χ1n) is 8.31. The molecule has 140 valence electrons. The lowest BCUT2D eigenvalue weighted by Crippen LogP contribution is -2.39. The number of rotatable bonds is 6. The number of amides is 2. The van der Waals surface area contributed by atoms with Gasteiger partial charge in [-0.3, -0.25) is 9.59 Å². The molecule has 0 aliphatic heterocycles. The fourth-order valence-corrected chi connectivity index (χ4v) is 3.45. The number of aromatic nitrogens is 2. The van der Waals surface area contributed by atoms with Crippen molar-refractivity contribution in [1.82, 2.24) is 20.2 Å². The Morgan fingerprint density at radius 2 is 2.04 bits per heavy atom. The van der Waals surface area contributed by atoms with Gasteiger partial charge in [0.25, 0.3) is 5.91 Å². The van der Waals surface area contributed by atoms with E-state index < -0.39 is 17.8 Å². The van der Waals surface area contributed by atoms with E-state index in [9.17, 15) is 14.0 Å². The van der Waals surface area contributed by atoms with Crippen molar-refractivity contribution in [3.8, 4) is 0 Å². The number of aryl methyl sites for hydroxylation is 2. The first-order valence-corrected chi connectivity index (χ1v) is 9.13. The van der Waals surface area contributed by atoms with Crippen LogP contribution in [0.15, 0.2) is 48.8 Å². The number of imidazole rings is 1. The molecule has 27 heavy (non-hydrogen) atoms. The topological polar surface area (TPSA) is 76.0 Å². The lowest BCUT2D eigenvalue weighted by Gasteiger charge is -2.19. The molecule has 1 atom stereocenters. The number of benzene rings is 1. The molecule has 2 amide bonds. The SMILES string of the molecule is Cc1ccc(C(=O)NCC(=O)N[C@@H](c2ccccc2F)c2nccn2C)s1. The fraction of sp³-hybridized carbons (Fsp3) is 0.211. The third-order valence-corrected chi connectivity index (χ3v) is 5.01. The summed E-state index contributed by atoms with van der Waals surface area (Å²) in [5, 5.41) is 5.34. The molecule has 0 aliphatic rings. The van der Waals surface area contributed by atoms with Crippen molar-refractivity contribution in [3.63, 3.8) is 0 Å². The van der Waals surface area contributed by atoms with Gasteiger partial charge in [0.05, 0.1) is 11.4 Å². The summed E-state index contributed by atoms with van der Waals surface area (Å²) < 4.78 is 16.0. The summed E-state index contributed by atoms with van der Waals surface area (Å²) in [6, 6.07) is 9.00. The number of hydrogen-bond donors (Lipinski definition) is 2. The number of hydrogen-bond acceptors (Lipinski definition) is 4. The highest BCUT2D eigenvalue weighted by molar-refractivity contribution is 7.13. The van der Waals surface area contributed by atoms with Crippen LogP contribution in [-0.2, 0) is 11.8 Å². The van der Waals surface area contributed by atoms with Crippen LogP contribution in [-0.4, -0.2) is 27.9 Å². The lowest BCUT2D eigenvalue weighted by molar-refractivity contribution is -0.120. The van der Waals surface area contributed by atoms with Crippen LogP contribution in [0.3, 0.4) is 0 Å². The van der Waals surface area contributed by atoms with E-state index in [1.807, 2.05) is 13.0 Å². The quantitative estimate of drug-likeness (QED) is 0.684. The molecule has 3 aromatic rings. The Labute approximate surface area is 160 Å². The summed E-state index contributed by atoms with van der Waals surface area (Å²) >= 11 is 1.35. The fourth-order valence-electron chi connectivity index (χ4n) is 2.66. The smallest absolute Gasteiger partial charge is 0.261 e. The van der Waals surface area contributed by atoms with E-state index in [1.165, 1.54) is 17.4 Å². The normalized spacial score (nSPS) is 11.8. The van der Waals surface area contributed by atoms with Crippen LogP contribution in [0, 0.1) is 12.7 Å². The first kappa shape index (κ1) is 18.8. The van der Waals surface area contributed by atoms with Crippen LogP contribution in [0.4, 0.5) is 4.39 Å². The van der Waals surface area contributed by atoms with Crippen LogP contribution in [0.2, 0.25) is 0 Å². The third kappa shape index (κ3) is 4.40. The van der Waals surface area contributed by atoms with Crippen molar-refractivity contribution in [1.29, 1.82) is 0 Å². The maximum absolute atomic E-state index is 14.3. The Morgan fingerprint density at radius 1 is 1.26 bits per heavy atom. The van der Waals surface area contributed by atoms with Crippen molar-refractivity contribution < 1.29 is 14.0 Å². The van der Waals surface area contributed by atoms with Crippen LogP contribution >= 0.6 is 11.3 Å². The lowest BCUT2D eigenvalue weighted by atomic mass is 10.1. The number of nitrogens with zero attached hydrogens (tertiary/aromatic N) is 2. The van der Waals surface area contributed by atoms with E-state index in [1.54, 1.807) is 48.3 Å². The first-order chi connectivity index (χ1) is 13.0. The minimum atomic E-state index is -0.764. The largest absolute Gasteiger partial charge is 0.342 e. The van der Waals surface area contributed by atoms with Crippen molar-refractivity contribution in [3.05, 3.63) is 75.8 Å². The van der Waals surface area contributed by atoms with E-state index in [2.05, 4.69) is 15.6 Å². The second kappa shape index (κ2) is 8.13. The van der Waals surface area contributed by atoms with Crippen molar-refractivity contribution >= 4 is 23.2 Å². The molecule has 3 rings (SSSR count). The summed E-state index contributed by atoms with van der Waals surface area (Å²) in [4.78, 5) is 30.3. The average molecular weight is 386 g/mol. The van der Waals surface area contributed by atoms with Crippen molar-refractivity contribution in [2.75, 3.05) is 6.54 Å². The van der Waals surface area contributed by atoms with Crippen LogP contribution in [0.1, 0.15) is 32.0 Å². The zero-order chi connectivity index (χ0) is 19.4. The second-order valence-corrected chi connectivity index (χ2v) is 7.30. The van der Waals surface area contributed by atoms with Gasteiger partial charge in [-0.05, 0) is 25.1 Å². The predicted octanol–water partition coefficient (Wildman–Crippen LogP) is 2.56. The molecule has 2 aromatic heterocycles. The van der Waals surface area contributed by atoms with E-state index in [0.29, 0.717) is 16.3 Å². The standard InChI is InChI=1S/C19H19FN4O2S/c1-12-7-8-15(27-12)19(26)22-11-16(25)23-17(18-21-9-10-24(18)2)13-5-3-4-6-14(13)20/h3-10,17H,11H2,1-2H3,(H,22,26)(H,23,25)/t17-/m0/s1. The predicted molar refractivity (Wildman–Crippen MR) is 101 cm³/mol. The minimum Gasteiger partial charge on any atom is -0.342 e. The molecule has 0 saturated heterocycles. The molecule has 0 radical (unpaired) electrons. The highest BCUT2D eigenvalue weighted by Gasteiger charge is 2.23. The minimum absolute atomic E-state index is 0.217. The molecule has 1 aromatic carbocycles. The van der Waals surface area contributed by atoms with Crippen molar-refractivity contribution in [2.45, 2.75) is 13.0 Å². The number of carbonyl (C=O) groups excluding carboxylic acids is 2. The van der Waals surface area contributed by atoms with Gasteiger partial charge in [0.2, 0.25) is 5.91 Å². The zero-order valence-corrected chi connectivity index (χ0v) is 15.7. The summed E-state index contributed by atoms with van der Waals surface area (Å²) in [5.74, 6) is -0.701. The molecule has 0 spiro atoms. The second-order valence-electron chi connectivity index (χ2n) is 6.01. The molecule has 0 saturated carbocycles. The van der Waals surface area contributed by atoms with Gasteiger partial charge in [-0.2, -0.15) is 0 Å². The highest BCUT2D eigenvalue weighted by atomic mass is 32.1. The van der Waals surface area contributed by atoms with Gasteiger partial charge in [0, 0.05) is 29.9 Å². The van der Waals surface area contributed by atoms with Gasteiger partial charge in [-0.15, -0.1) is 11.3 Å². The molecule has 6 nitrogen and oxygen atoms in total. The van der Waals surface area contributed by atoms with Gasteiger partial charge in [0.15, 0.2) is 0 Å². The molecule has 8 heteroatoms. The number of halogens is 1. The Kier molecular flexibility index (Phi) is 5.66. The van der Waals surface area contributed by atoms with Crippen LogP contribution in [0.5, 0.6) is 0 Å². The number of thiophene rings is 1. The van der Waals surface area contributed by atoms with Gasteiger partial charge in [-0.25, -0.2) is 9.37 Å². The molecule has 0 aliphatic carbocycles. The molecule has 2 heterocycles. The van der Waals surface area contributed by atoms with E-state index in [0.717, 1.165) is 4.88 Å². The molecular weight excluding hydrogens is 367 g/mol. The zero-order valence-electron chi connectivity index (χ0n) is 14.9.